The molecule has 2 aromatic rings. The van der Waals surface area contributed by atoms with Crippen molar-refractivity contribution in [1.29, 1.82) is 0 Å². The molecule has 0 saturated heterocycles. The number of hydrogen-bond acceptors (Lipinski definition) is 2. The van der Waals surface area contributed by atoms with Gasteiger partial charge in [0.25, 0.3) is 0 Å². The first-order chi connectivity index (χ1) is 6.74. The molecule has 2 rings (SSSR count). The van der Waals surface area contributed by atoms with Crippen molar-refractivity contribution in [1.82, 2.24) is 9.55 Å². The van der Waals surface area contributed by atoms with Crippen molar-refractivity contribution in [3.05, 3.63) is 29.0 Å². The molecule has 1 heterocycles. The van der Waals surface area contributed by atoms with E-state index >= 15 is 0 Å². The Balaban J connectivity index is 2.70. The van der Waals surface area contributed by atoms with Gasteiger partial charge in [-0.25, -0.2) is 4.98 Å². The highest BCUT2D eigenvalue weighted by molar-refractivity contribution is 6.29. The van der Waals surface area contributed by atoms with Gasteiger partial charge < -0.3 is 10.3 Å². The van der Waals surface area contributed by atoms with E-state index in [-0.39, 0.29) is 0 Å². The van der Waals surface area contributed by atoms with Gasteiger partial charge in [0.2, 0.25) is 5.28 Å². The number of hydrogen-bond donors (Lipinski definition) is 1. The normalized spacial score (nSPS) is 11.1. The van der Waals surface area contributed by atoms with Crippen molar-refractivity contribution in [3.63, 3.8) is 0 Å². The van der Waals surface area contributed by atoms with Gasteiger partial charge in [-0.2, -0.15) is 0 Å². The summed E-state index contributed by atoms with van der Waals surface area (Å²) in [5.41, 5.74) is 8.67. The van der Waals surface area contributed by atoms with Crippen LogP contribution in [-0.2, 0) is 6.54 Å². The van der Waals surface area contributed by atoms with Crippen molar-refractivity contribution in [3.8, 4) is 0 Å². The number of halogens is 1. The van der Waals surface area contributed by atoms with Crippen LogP contribution in [0.1, 0.15) is 5.56 Å². The lowest BCUT2D eigenvalue weighted by Gasteiger charge is -2.02. The average Bonchev–Trinajstić information content (AvgIpc) is 2.47. The summed E-state index contributed by atoms with van der Waals surface area (Å²) in [5, 5.41) is 0.514. The first-order valence-corrected chi connectivity index (χ1v) is 4.93. The molecule has 3 nitrogen and oxygen atoms in total. The fourth-order valence-corrected chi connectivity index (χ4v) is 1.86. The number of imidazole rings is 1. The Bertz CT molecular complexity index is 462. The number of fused-ring (bicyclic) bond motifs is 1. The molecule has 0 radical (unpaired) electrons. The molecular formula is C10H12ClN3. The van der Waals surface area contributed by atoms with Crippen molar-refractivity contribution in [2.24, 2.45) is 5.73 Å². The van der Waals surface area contributed by atoms with Crippen molar-refractivity contribution in [2.45, 2.75) is 13.5 Å². The number of benzene rings is 1. The molecule has 74 valence electrons. The van der Waals surface area contributed by atoms with Gasteiger partial charge in [0.1, 0.15) is 0 Å². The van der Waals surface area contributed by atoms with E-state index in [0.29, 0.717) is 18.4 Å². The minimum absolute atomic E-state index is 0.514. The van der Waals surface area contributed by atoms with Gasteiger partial charge in [0.15, 0.2) is 0 Å². The molecule has 0 aliphatic rings. The Morgan fingerprint density at radius 2 is 2.29 bits per heavy atom. The highest BCUT2D eigenvalue weighted by atomic mass is 35.5. The molecule has 1 aromatic heterocycles. The third kappa shape index (κ3) is 1.38. The smallest absolute Gasteiger partial charge is 0.203 e. The van der Waals surface area contributed by atoms with Crippen LogP contribution >= 0.6 is 11.6 Å². The van der Waals surface area contributed by atoms with E-state index in [1.165, 1.54) is 0 Å². The number of para-hydroxylation sites is 1. The summed E-state index contributed by atoms with van der Waals surface area (Å²) in [6.07, 6.45) is 0. The summed E-state index contributed by atoms with van der Waals surface area (Å²) in [6, 6.07) is 6.04. The number of rotatable bonds is 2. The van der Waals surface area contributed by atoms with Crippen LogP contribution in [0.3, 0.4) is 0 Å². The zero-order valence-electron chi connectivity index (χ0n) is 8.00. The lowest BCUT2D eigenvalue weighted by Crippen LogP contribution is -2.09. The number of aryl methyl sites for hydroxylation is 1. The minimum Gasteiger partial charge on any atom is -0.329 e. The first-order valence-electron chi connectivity index (χ1n) is 4.55. The fourth-order valence-electron chi connectivity index (χ4n) is 1.60. The Labute approximate surface area is 87.5 Å². The van der Waals surface area contributed by atoms with E-state index in [1.54, 1.807) is 0 Å². The van der Waals surface area contributed by atoms with Gasteiger partial charge in [-0.05, 0) is 30.2 Å². The lowest BCUT2D eigenvalue weighted by atomic mass is 10.2. The second-order valence-corrected chi connectivity index (χ2v) is 3.60. The van der Waals surface area contributed by atoms with E-state index < -0.39 is 0 Å². The van der Waals surface area contributed by atoms with Crippen LogP contribution in [0.2, 0.25) is 5.28 Å². The topological polar surface area (TPSA) is 43.8 Å². The summed E-state index contributed by atoms with van der Waals surface area (Å²) in [4.78, 5) is 4.30. The number of aromatic nitrogens is 2. The molecule has 2 N–H and O–H groups in total. The molecule has 14 heavy (non-hydrogen) atoms. The second kappa shape index (κ2) is 3.59. The van der Waals surface area contributed by atoms with Gasteiger partial charge >= 0.3 is 0 Å². The SMILES string of the molecule is Cc1cccc2c1nc(Cl)n2CCN. The van der Waals surface area contributed by atoms with Crippen LogP contribution in [-0.4, -0.2) is 16.1 Å². The molecule has 0 atom stereocenters. The molecule has 4 heteroatoms. The third-order valence-corrected chi connectivity index (χ3v) is 2.58. The first kappa shape index (κ1) is 9.49. The zero-order valence-corrected chi connectivity index (χ0v) is 8.75. The van der Waals surface area contributed by atoms with Gasteiger partial charge in [-0.3, -0.25) is 0 Å². The second-order valence-electron chi connectivity index (χ2n) is 3.26. The summed E-state index contributed by atoms with van der Waals surface area (Å²) in [7, 11) is 0. The highest BCUT2D eigenvalue weighted by Crippen LogP contribution is 2.21. The maximum atomic E-state index is 6.01. The van der Waals surface area contributed by atoms with Crippen LogP contribution in [0.4, 0.5) is 0 Å². The van der Waals surface area contributed by atoms with Crippen LogP contribution in [0.15, 0.2) is 18.2 Å². The standard InChI is InChI=1S/C10H12ClN3/c1-7-3-2-4-8-9(7)13-10(11)14(8)6-5-12/h2-4H,5-6,12H2,1H3. The summed E-state index contributed by atoms with van der Waals surface area (Å²) >= 11 is 6.01. The fraction of sp³-hybridized carbons (Fsp3) is 0.300. The molecule has 0 saturated carbocycles. The van der Waals surface area contributed by atoms with E-state index in [2.05, 4.69) is 4.98 Å². The summed E-state index contributed by atoms with van der Waals surface area (Å²) in [6.45, 7) is 3.30. The monoisotopic (exact) mass is 209 g/mol. The van der Waals surface area contributed by atoms with Crippen LogP contribution in [0.5, 0.6) is 0 Å². The minimum atomic E-state index is 0.514. The number of nitrogens with two attached hydrogens (primary N) is 1. The van der Waals surface area contributed by atoms with Gasteiger partial charge in [0.05, 0.1) is 11.0 Å². The maximum Gasteiger partial charge on any atom is 0.203 e. The van der Waals surface area contributed by atoms with Crippen LogP contribution in [0.25, 0.3) is 11.0 Å². The maximum absolute atomic E-state index is 6.01. The third-order valence-electron chi connectivity index (χ3n) is 2.29. The predicted molar refractivity (Wildman–Crippen MR) is 58.5 cm³/mol. The Kier molecular flexibility index (Phi) is 2.44. The summed E-state index contributed by atoms with van der Waals surface area (Å²) in [5.74, 6) is 0. The average molecular weight is 210 g/mol. The van der Waals surface area contributed by atoms with Crippen molar-refractivity contribution < 1.29 is 0 Å². The molecule has 0 unspecified atom stereocenters. The van der Waals surface area contributed by atoms with Crippen LogP contribution < -0.4 is 5.73 Å². The largest absolute Gasteiger partial charge is 0.329 e. The molecule has 0 aliphatic carbocycles. The Hall–Kier alpha value is -1.06. The molecule has 0 bridgehead atoms. The molecule has 0 amide bonds. The quantitative estimate of drug-likeness (QED) is 0.822. The van der Waals surface area contributed by atoms with Crippen molar-refractivity contribution >= 4 is 22.6 Å². The Morgan fingerprint density at radius 3 is 3.00 bits per heavy atom. The van der Waals surface area contributed by atoms with Crippen LogP contribution in [0, 0.1) is 6.92 Å². The predicted octanol–water partition coefficient (Wildman–Crippen LogP) is 1.96. The summed E-state index contributed by atoms with van der Waals surface area (Å²) < 4.78 is 1.93. The molecule has 0 spiro atoms. The van der Waals surface area contributed by atoms with Gasteiger partial charge in [-0.15, -0.1) is 0 Å². The molecular weight excluding hydrogens is 198 g/mol. The zero-order chi connectivity index (χ0) is 10.1. The lowest BCUT2D eigenvalue weighted by molar-refractivity contribution is 0.729. The molecule has 1 aromatic carbocycles. The molecule has 0 aliphatic heterocycles. The Morgan fingerprint density at radius 1 is 1.50 bits per heavy atom. The highest BCUT2D eigenvalue weighted by Gasteiger charge is 2.08. The number of nitrogens with zero attached hydrogens (tertiary/aromatic N) is 2. The van der Waals surface area contributed by atoms with E-state index in [0.717, 1.165) is 16.6 Å². The van der Waals surface area contributed by atoms with Gasteiger partial charge in [0, 0.05) is 13.1 Å². The van der Waals surface area contributed by atoms with E-state index in [1.807, 2.05) is 29.7 Å². The molecule has 0 fully saturated rings. The van der Waals surface area contributed by atoms with Gasteiger partial charge in [-0.1, -0.05) is 12.1 Å². The van der Waals surface area contributed by atoms with Crippen molar-refractivity contribution in [2.75, 3.05) is 6.54 Å². The van der Waals surface area contributed by atoms with E-state index in [9.17, 15) is 0 Å². The van der Waals surface area contributed by atoms with E-state index in [4.69, 9.17) is 17.3 Å².